The fourth-order valence-corrected chi connectivity index (χ4v) is 4.57. The van der Waals surface area contributed by atoms with Gasteiger partial charge in [0.05, 0.1) is 24.1 Å². The summed E-state index contributed by atoms with van der Waals surface area (Å²) >= 11 is 6.23. The van der Waals surface area contributed by atoms with E-state index in [0.717, 1.165) is 18.4 Å². The van der Waals surface area contributed by atoms with Gasteiger partial charge in [-0.3, -0.25) is 9.59 Å². The van der Waals surface area contributed by atoms with E-state index >= 15 is 0 Å². The van der Waals surface area contributed by atoms with Crippen molar-refractivity contribution in [3.63, 3.8) is 0 Å². The molecule has 1 saturated heterocycles. The molecule has 1 heterocycles. The van der Waals surface area contributed by atoms with E-state index < -0.39 is 22.5 Å². The summed E-state index contributed by atoms with van der Waals surface area (Å²) < 4.78 is 32.9. The average Bonchev–Trinajstić information content (AvgIpc) is 3.31. The number of halogens is 1. The Labute approximate surface area is 199 Å². The summed E-state index contributed by atoms with van der Waals surface area (Å²) in [6.45, 7) is 2.25. The van der Waals surface area contributed by atoms with E-state index in [1.807, 2.05) is 6.92 Å². The molecule has 33 heavy (non-hydrogen) atoms. The van der Waals surface area contributed by atoms with Crippen LogP contribution in [0.4, 0.5) is 0 Å². The molecule has 178 valence electrons. The minimum absolute atomic E-state index is 0.0250. The maximum absolute atomic E-state index is 12.9. The maximum Gasteiger partial charge on any atom is 0.241 e. The number of carbonyl (C=O) groups is 2. The number of ether oxygens (including phenoxy) is 1. The highest BCUT2D eigenvalue weighted by molar-refractivity contribution is 7.89. The van der Waals surface area contributed by atoms with Crippen molar-refractivity contribution in [1.82, 2.24) is 14.9 Å². The van der Waals surface area contributed by atoms with Crippen LogP contribution in [0.3, 0.4) is 0 Å². The van der Waals surface area contributed by atoms with E-state index in [1.165, 1.54) is 17.0 Å². The molecular weight excluding hydrogens is 466 g/mol. The van der Waals surface area contributed by atoms with Gasteiger partial charge in [0.25, 0.3) is 0 Å². The van der Waals surface area contributed by atoms with Crippen LogP contribution in [0.15, 0.2) is 53.4 Å². The molecule has 1 fully saturated rings. The summed E-state index contributed by atoms with van der Waals surface area (Å²) in [6.07, 6.45) is 1.81. The van der Waals surface area contributed by atoms with Crippen molar-refractivity contribution in [2.75, 3.05) is 26.2 Å². The lowest BCUT2D eigenvalue weighted by Gasteiger charge is -2.23. The standard InChI is InChI=1S/C23H28ClN3O5S/c1-17-8-10-20(11-9-17)33(30,31)26-14-23(29)27(15-18-5-2-3-7-21(18)24)16-22(28)25-13-19-6-4-12-32-19/h2-3,5,7-11,19,26H,4,6,12-16H2,1H3,(H,25,28)/t19-/m1/s1. The van der Waals surface area contributed by atoms with Gasteiger partial charge in [-0.2, -0.15) is 0 Å². The fraction of sp³-hybridized carbons (Fsp3) is 0.391. The molecule has 0 radical (unpaired) electrons. The predicted octanol–water partition coefficient (Wildman–Crippen LogP) is 2.25. The van der Waals surface area contributed by atoms with Crippen molar-refractivity contribution in [2.45, 2.75) is 37.3 Å². The largest absolute Gasteiger partial charge is 0.376 e. The summed E-state index contributed by atoms with van der Waals surface area (Å²) in [5.74, 6) is -0.898. The Morgan fingerprint density at radius 3 is 2.55 bits per heavy atom. The second-order valence-corrected chi connectivity index (χ2v) is 10.1. The van der Waals surface area contributed by atoms with Gasteiger partial charge < -0.3 is 15.0 Å². The molecular formula is C23H28ClN3O5S. The minimum atomic E-state index is -3.88. The molecule has 1 aliphatic heterocycles. The molecule has 0 aromatic heterocycles. The molecule has 0 bridgehead atoms. The Balaban J connectivity index is 1.66. The molecule has 8 nitrogen and oxygen atoms in total. The molecule has 10 heteroatoms. The molecule has 2 amide bonds. The summed E-state index contributed by atoms with van der Waals surface area (Å²) in [4.78, 5) is 26.8. The van der Waals surface area contributed by atoms with Crippen molar-refractivity contribution >= 4 is 33.4 Å². The monoisotopic (exact) mass is 493 g/mol. The third-order valence-corrected chi connectivity index (χ3v) is 7.09. The van der Waals surface area contributed by atoms with E-state index in [2.05, 4.69) is 10.0 Å². The lowest BCUT2D eigenvalue weighted by atomic mass is 10.2. The van der Waals surface area contributed by atoms with E-state index in [0.29, 0.717) is 23.7 Å². The quantitative estimate of drug-likeness (QED) is 0.528. The minimum Gasteiger partial charge on any atom is -0.376 e. The number of carbonyl (C=O) groups excluding carboxylic acids is 2. The van der Waals surface area contributed by atoms with Gasteiger partial charge in [-0.15, -0.1) is 0 Å². The smallest absolute Gasteiger partial charge is 0.241 e. The molecule has 2 aromatic carbocycles. The third kappa shape index (κ3) is 7.53. The molecule has 0 spiro atoms. The van der Waals surface area contributed by atoms with Crippen molar-refractivity contribution in [3.05, 3.63) is 64.7 Å². The summed E-state index contributed by atoms with van der Waals surface area (Å²) in [5.41, 5.74) is 1.57. The fourth-order valence-electron chi connectivity index (χ4n) is 3.40. The van der Waals surface area contributed by atoms with Gasteiger partial charge in [-0.25, -0.2) is 13.1 Å². The number of sulfonamides is 1. The number of aryl methyl sites for hydroxylation is 1. The molecule has 1 atom stereocenters. The lowest BCUT2D eigenvalue weighted by molar-refractivity contribution is -0.135. The van der Waals surface area contributed by atoms with Crippen molar-refractivity contribution in [3.8, 4) is 0 Å². The number of benzene rings is 2. The third-order valence-electron chi connectivity index (χ3n) is 5.30. The van der Waals surface area contributed by atoms with Crippen LogP contribution >= 0.6 is 11.6 Å². The molecule has 3 rings (SSSR count). The highest BCUT2D eigenvalue weighted by atomic mass is 35.5. The first-order valence-corrected chi connectivity index (χ1v) is 12.6. The molecule has 0 saturated carbocycles. The lowest BCUT2D eigenvalue weighted by Crippen LogP contribution is -2.45. The van der Waals surface area contributed by atoms with Crippen LogP contribution < -0.4 is 10.0 Å². The number of hydrogen-bond acceptors (Lipinski definition) is 5. The first kappa shape index (κ1) is 25.2. The number of nitrogens with zero attached hydrogens (tertiary/aromatic N) is 1. The Hall–Kier alpha value is -2.46. The Morgan fingerprint density at radius 2 is 1.88 bits per heavy atom. The Bertz CT molecular complexity index is 1070. The summed E-state index contributed by atoms with van der Waals surface area (Å²) in [5, 5.41) is 3.24. The van der Waals surface area contributed by atoms with Gasteiger partial charge >= 0.3 is 0 Å². The second kappa shape index (κ2) is 11.6. The van der Waals surface area contributed by atoms with Crippen LogP contribution in [-0.2, 0) is 30.9 Å². The highest BCUT2D eigenvalue weighted by Crippen LogP contribution is 2.17. The SMILES string of the molecule is Cc1ccc(S(=O)(=O)NCC(=O)N(CC(=O)NC[C@H]2CCCO2)Cc2ccccc2Cl)cc1. The zero-order valence-corrected chi connectivity index (χ0v) is 20.0. The predicted molar refractivity (Wildman–Crippen MR) is 125 cm³/mol. The van der Waals surface area contributed by atoms with Crippen LogP contribution in [0.5, 0.6) is 0 Å². The van der Waals surface area contributed by atoms with Gasteiger partial charge in [-0.1, -0.05) is 47.5 Å². The maximum atomic E-state index is 12.9. The number of nitrogens with one attached hydrogen (secondary N) is 2. The van der Waals surface area contributed by atoms with E-state index in [1.54, 1.807) is 36.4 Å². The zero-order chi connectivity index (χ0) is 23.8. The van der Waals surface area contributed by atoms with Crippen LogP contribution in [0.25, 0.3) is 0 Å². The van der Waals surface area contributed by atoms with Crippen LogP contribution in [-0.4, -0.2) is 57.5 Å². The van der Waals surface area contributed by atoms with Crippen molar-refractivity contribution in [2.24, 2.45) is 0 Å². The molecule has 1 aliphatic rings. The van der Waals surface area contributed by atoms with Gasteiger partial charge in [0.1, 0.15) is 0 Å². The second-order valence-electron chi connectivity index (χ2n) is 7.92. The number of amides is 2. The van der Waals surface area contributed by atoms with Crippen molar-refractivity contribution < 1.29 is 22.7 Å². The Kier molecular flexibility index (Phi) is 8.85. The van der Waals surface area contributed by atoms with Crippen LogP contribution in [0.1, 0.15) is 24.0 Å². The van der Waals surface area contributed by atoms with Crippen molar-refractivity contribution in [1.29, 1.82) is 0 Å². The highest BCUT2D eigenvalue weighted by Gasteiger charge is 2.23. The van der Waals surface area contributed by atoms with Crippen LogP contribution in [0, 0.1) is 6.92 Å². The molecule has 2 aromatic rings. The first-order chi connectivity index (χ1) is 15.7. The normalized spacial score (nSPS) is 15.9. The number of hydrogen-bond donors (Lipinski definition) is 2. The van der Waals surface area contributed by atoms with Crippen LogP contribution in [0.2, 0.25) is 5.02 Å². The zero-order valence-electron chi connectivity index (χ0n) is 18.4. The van der Waals surface area contributed by atoms with Gasteiger partial charge in [-0.05, 0) is 43.5 Å². The average molecular weight is 494 g/mol. The Morgan fingerprint density at radius 1 is 1.15 bits per heavy atom. The first-order valence-electron chi connectivity index (χ1n) is 10.7. The number of rotatable bonds is 10. The summed E-state index contributed by atoms with van der Waals surface area (Å²) in [7, 11) is -3.88. The van der Waals surface area contributed by atoms with Gasteiger partial charge in [0.2, 0.25) is 21.8 Å². The van der Waals surface area contributed by atoms with Gasteiger partial charge in [0.15, 0.2) is 0 Å². The van der Waals surface area contributed by atoms with E-state index in [4.69, 9.17) is 16.3 Å². The van der Waals surface area contributed by atoms with E-state index in [9.17, 15) is 18.0 Å². The topological polar surface area (TPSA) is 105 Å². The summed E-state index contributed by atoms with van der Waals surface area (Å²) in [6, 6.07) is 13.3. The molecule has 0 aliphatic carbocycles. The molecule has 2 N–H and O–H groups in total. The van der Waals surface area contributed by atoms with Gasteiger partial charge in [0, 0.05) is 24.7 Å². The van der Waals surface area contributed by atoms with E-state index in [-0.39, 0.29) is 30.0 Å². The molecule has 0 unspecified atom stereocenters.